The van der Waals surface area contributed by atoms with Gasteiger partial charge >= 0.3 is 0 Å². The van der Waals surface area contributed by atoms with Crippen LogP contribution in [0.1, 0.15) is 36.5 Å². The van der Waals surface area contributed by atoms with Crippen molar-refractivity contribution < 1.29 is 9.53 Å². The minimum Gasteiger partial charge on any atom is -0.483 e. The van der Waals surface area contributed by atoms with Gasteiger partial charge in [-0.3, -0.25) is 4.79 Å². The molecule has 136 valence electrons. The summed E-state index contributed by atoms with van der Waals surface area (Å²) >= 11 is 3.53. The number of hydrazone groups is 1. The van der Waals surface area contributed by atoms with Crippen molar-refractivity contribution in [2.75, 3.05) is 6.61 Å². The highest BCUT2D eigenvalue weighted by Gasteiger charge is 2.12. The van der Waals surface area contributed by atoms with Crippen LogP contribution < -0.4 is 10.2 Å². The molecule has 0 heterocycles. The van der Waals surface area contributed by atoms with E-state index in [4.69, 9.17) is 4.74 Å². The number of carbonyl (C=O) groups is 1. The second kappa shape index (κ2) is 9.92. The quantitative estimate of drug-likeness (QED) is 0.507. The Hall–Kier alpha value is -2.40. The number of nitrogens with one attached hydrogen (secondary N) is 1. The number of amides is 1. The lowest BCUT2D eigenvalue weighted by Gasteiger charge is -2.15. The molecule has 2 rings (SSSR count). The summed E-state index contributed by atoms with van der Waals surface area (Å²) in [5.74, 6) is 0.722. The Bertz CT molecular complexity index is 799. The van der Waals surface area contributed by atoms with Crippen LogP contribution in [-0.4, -0.2) is 18.7 Å². The van der Waals surface area contributed by atoms with Crippen molar-refractivity contribution in [3.8, 4) is 5.75 Å². The highest BCUT2D eigenvalue weighted by atomic mass is 79.9. The number of aryl methyl sites for hydroxylation is 1. The smallest absolute Gasteiger partial charge is 0.277 e. The third-order valence-corrected chi connectivity index (χ3v) is 4.56. The van der Waals surface area contributed by atoms with Crippen molar-refractivity contribution in [3.63, 3.8) is 0 Å². The van der Waals surface area contributed by atoms with E-state index in [1.807, 2.05) is 55.5 Å². The lowest BCUT2D eigenvalue weighted by atomic mass is 10.0. The summed E-state index contributed by atoms with van der Waals surface area (Å²) in [6.07, 6.45) is 5.21. The van der Waals surface area contributed by atoms with Gasteiger partial charge in [0.15, 0.2) is 6.61 Å². The zero-order chi connectivity index (χ0) is 18.9. The normalized spacial score (nSPS) is 11.4. The third kappa shape index (κ3) is 6.15. The van der Waals surface area contributed by atoms with E-state index in [0.29, 0.717) is 5.92 Å². The molecule has 2 aromatic rings. The fraction of sp³-hybridized carbons (Fsp3) is 0.238. The van der Waals surface area contributed by atoms with Crippen molar-refractivity contribution in [3.05, 3.63) is 69.7 Å². The van der Waals surface area contributed by atoms with Crippen LogP contribution in [0.4, 0.5) is 0 Å². The number of hydrogen-bond donors (Lipinski definition) is 1. The molecule has 0 spiro atoms. The Morgan fingerprint density at radius 2 is 2.00 bits per heavy atom. The van der Waals surface area contributed by atoms with Crippen molar-refractivity contribution in [2.24, 2.45) is 5.10 Å². The maximum atomic E-state index is 11.9. The first-order chi connectivity index (χ1) is 12.5. The Morgan fingerprint density at radius 1 is 1.27 bits per heavy atom. The van der Waals surface area contributed by atoms with E-state index in [-0.39, 0.29) is 12.5 Å². The summed E-state index contributed by atoms with van der Waals surface area (Å²) in [7, 11) is 0. The van der Waals surface area contributed by atoms with Gasteiger partial charge in [-0.15, -0.1) is 0 Å². The summed E-state index contributed by atoms with van der Waals surface area (Å²) in [4.78, 5) is 11.9. The van der Waals surface area contributed by atoms with Gasteiger partial charge in [-0.2, -0.15) is 5.10 Å². The van der Waals surface area contributed by atoms with Crippen LogP contribution in [0.5, 0.6) is 5.75 Å². The predicted molar refractivity (Wildman–Crippen MR) is 111 cm³/mol. The number of allylic oxidation sites excluding steroid dienone is 1. The molecule has 26 heavy (non-hydrogen) atoms. The Morgan fingerprint density at radius 3 is 2.69 bits per heavy atom. The van der Waals surface area contributed by atoms with Gasteiger partial charge in [0, 0.05) is 10.7 Å². The molecule has 0 unspecified atom stereocenters. The van der Waals surface area contributed by atoms with Crippen molar-refractivity contribution in [1.82, 2.24) is 5.43 Å². The number of benzene rings is 2. The molecule has 1 N–H and O–H groups in total. The summed E-state index contributed by atoms with van der Waals surface area (Å²) in [6, 6.07) is 13.9. The number of ether oxygens (including phenoxy) is 1. The minimum absolute atomic E-state index is 0.0828. The highest BCUT2D eigenvalue weighted by Crippen LogP contribution is 2.32. The van der Waals surface area contributed by atoms with Crippen molar-refractivity contribution in [1.29, 1.82) is 0 Å². The molecule has 2 aromatic carbocycles. The van der Waals surface area contributed by atoms with E-state index in [1.165, 1.54) is 6.21 Å². The highest BCUT2D eigenvalue weighted by molar-refractivity contribution is 9.10. The van der Waals surface area contributed by atoms with Gasteiger partial charge in [0.25, 0.3) is 5.91 Å². The van der Waals surface area contributed by atoms with Gasteiger partial charge in [-0.25, -0.2) is 5.43 Å². The first-order valence-electron chi connectivity index (χ1n) is 8.44. The zero-order valence-electron chi connectivity index (χ0n) is 15.2. The molecule has 4 nitrogen and oxygen atoms in total. The molecular formula is C21H23BrN2O2. The Kier molecular flexibility index (Phi) is 7.60. The van der Waals surface area contributed by atoms with Gasteiger partial charge in [0.1, 0.15) is 5.75 Å². The number of hydrogen-bond acceptors (Lipinski definition) is 3. The van der Waals surface area contributed by atoms with Crippen LogP contribution in [-0.2, 0) is 4.79 Å². The summed E-state index contributed by atoms with van der Waals surface area (Å²) in [5, 5.41) is 3.89. The lowest BCUT2D eigenvalue weighted by molar-refractivity contribution is -0.123. The van der Waals surface area contributed by atoms with Crippen LogP contribution >= 0.6 is 15.9 Å². The second-order valence-electron chi connectivity index (χ2n) is 6.17. The molecule has 0 aliphatic carbocycles. The molecule has 0 fully saturated rings. The second-order valence-corrected chi connectivity index (χ2v) is 7.02. The molecule has 0 aliphatic heterocycles. The average Bonchev–Trinajstić information content (AvgIpc) is 2.62. The number of halogens is 1. The Labute approximate surface area is 163 Å². The number of carbonyl (C=O) groups excluding carboxylic acids is 1. The van der Waals surface area contributed by atoms with Gasteiger partial charge in [0.05, 0.1) is 0 Å². The number of nitrogens with zero attached hydrogens (tertiary/aromatic N) is 1. The van der Waals surface area contributed by atoms with Gasteiger partial charge in [-0.1, -0.05) is 66.2 Å². The van der Waals surface area contributed by atoms with E-state index >= 15 is 0 Å². The summed E-state index contributed by atoms with van der Waals surface area (Å²) in [5.41, 5.74) is 5.65. The van der Waals surface area contributed by atoms with Crippen LogP contribution in [0, 0.1) is 6.92 Å². The molecule has 5 heteroatoms. The number of rotatable bonds is 7. The van der Waals surface area contributed by atoms with Crippen molar-refractivity contribution in [2.45, 2.75) is 26.7 Å². The molecule has 0 saturated carbocycles. The fourth-order valence-electron chi connectivity index (χ4n) is 2.29. The van der Waals surface area contributed by atoms with E-state index < -0.39 is 0 Å². The fourth-order valence-corrected chi connectivity index (χ4v) is 2.65. The monoisotopic (exact) mass is 414 g/mol. The zero-order valence-corrected chi connectivity index (χ0v) is 16.8. The summed E-state index contributed by atoms with van der Waals surface area (Å²) in [6.45, 7) is 6.09. The molecule has 0 atom stereocenters. The maximum absolute atomic E-state index is 11.9. The topological polar surface area (TPSA) is 50.7 Å². The van der Waals surface area contributed by atoms with Crippen LogP contribution in [0.3, 0.4) is 0 Å². The van der Waals surface area contributed by atoms with Crippen LogP contribution in [0.15, 0.2) is 58.1 Å². The molecule has 0 aliphatic rings. The molecule has 0 saturated heterocycles. The largest absolute Gasteiger partial charge is 0.483 e. The Balaban J connectivity index is 1.86. The average molecular weight is 415 g/mol. The first-order valence-corrected chi connectivity index (χ1v) is 9.23. The van der Waals surface area contributed by atoms with Gasteiger partial charge in [-0.05, 0) is 47.7 Å². The third-order valence-electron chi connectivity index (χ3n) is 3.71. The predicted octanol–water partition coefficient (Wildman–Crippen LogP) is 5.08. The van der Waals surface area contributed by atoms with Gasteiger partial charge < -0.3 is 4.74 Å². The van der Waals surface area contributed by atoms with Gasteiger partial charge in [0.2, 0.25) is 0 Å². The van der Waals surface area contributed by atoms with Crippen LogP contribution in [0.25, 0.3) is 6.08 Å². The molecular weight excluding hydrogens is 392 g/mol. The molecule has 0 bridgehead atoms. The molecule has 1 amide bonds. The van der Waals surface area contributed by atoms with E-state index in [0.717, 1.165) is 26.9 Å². The minimum atomic E-state index is -0.301. The molecule has 0 radical (unpaired) electrons. The van der Waals surface area contributed by atoms with Crippen LogP contribution in [0.2, 0.25) is 0 Å². The maximum Gasteiger partial charge on any atom is 0.277 e. The van der Waals surface area contributed by atoms with E-state index in [2.05, 4.69) is 40.3 Å². The lowest BCUT2D eigenvalue weighted by Crippen LogP contribution is -2.24. The molecule has 0 aromatic heterocycles. The first kappa shape index (κ1) is 19.9. The van der Waals surface area contributed by atoms with E-state index in [1.54, 1.807) is 6.08 Å². The SMILES string of the molecule is Cc1cc(OCC(=O)N/N=C/C=C/c2ccccc2)c(C(C)C)cc1Br. The standard InChI is InChI=1S/C21H23BrN2O2/c1-15(2)18-13-19(22)16(3)12-20(18)26-14-21(25)24-23-11-7-10-17-8-5-4-6-9-17/h4-13,15H,14H2,1-3H3,(H,24,25)/b10-7+,23-11+. The van der Waals surface area contributed by atoms with E-state index in [9.17, 15) is 4.79 Å². The summed E-state index contributed by atoms with van der Waals surface area (Å²) < 4.78 is 6.73. The van der Waals surface area contributed by atoms with Crippen molar-refractivity contribution >= 4 is 34.1 Å².